The number of halogens is 1. The zero-order valence-electron chi connectivity index (χ0n) is 4.94. The first-order chi connectivity index (χ1) is 3.84. The maximum Gasteiger partial charge on any atom is 0.168 e. The average molecular weight is 147 g/mol. The molecule has 0 aliphatic rings. The smallest absolute Gasteiger partial charge is 0.168 e. The normalized spacial score (nSPS) is 8.11. The quantitative estimate of drug-likeness (QED) is 0.546. The van der Waals surface area contributed by atoms with Gasteiger partial charge in [-0.15, -0.1) is 12.4 Å². The minimum absolute atomic E-state index is 0. The van der Waals surface area contributed by atoms with E-state index in [1.807, 2.05) is 0 Å². The van der Waals surface area contributed by atoms with Crippen LogP contribution >= 0.6 is 12.4 Å². The van der Waals surface area contributed by atoms with Crippen LogP contribution in [0.1, 0.15) is 10.5 Å². The summed E-state index contributed by atoms with van der Waals surface area (Å²) >= 11 is 0. The molecule has 50 valence electrons. The predicted molar refractivity (Wildman–Crippen MR) is 35.8 cm³/mol. The summed E-state index contributed by atoms with van der Waals surface area (Å²) in [5.74, 6) is 0. The molecule has 3 nitrogen and oxygen atoms in total. The van der Waals surface area contributed by atoms with Crippen molar-refractivity contribution < 1.29 is 4.79 Å². The van der Waals surface area contributed by atoms with Crippen molar-refractivity contribution in [2.75, 3.05) is 0 Å². The van der Waals surface area contributed by atoms with Crippen molar-refractivity contribution in [1.82, 2.24) is 9.78 Å². The molecule has 1 rings (SSSR count). The van der Waals surface area contributed by atoms with Crippen molar-refractivity contribution in [3.63, 3.8) is 0 Å². The van der Waals surface area contributed by atoms with Gasteiger partial charge in [-0.25, -0.2) is 0 Å². The average Bonchev–Trinajstić information content (AvgIpc) is 2.14. The van der Waals surface area contributed by atoms with Gasteiger partial charge in [0.25, 0.3) is 0 Å². The number of rotatable bonds is 1. The molecule has 0 amide bonds. The maximum absolute atomic E-state index is 10.0. The van der Waals surface area contributed by atoms with Crippen LogP contribution < -0.4 is 0 Å². The van der Waals surface area contributed by atoms with Gasteiger partial charge < -0.3 is 0 Å². The number of aldehydes is 1. The van der Waals surface area contributed by atoms with Gasteiger partial charge in [0.1, 0.15) is 5.69 Å². The van der Waals surface area contributed by atoms with Crippen molar-refractivity contribution in [2.24, 2.45) is 7.05 Å². The number of hydrogen-bond donors (Lipinski definition) is 0. The van der Waals surface area contributed by atoms with Crippen molar-refractivity contribution >= 4 is 18.7 Å². The molecule has 0 aliphatic carbocycles. The number of nitrogens with zero attached hydrogens (tertiary/aromatic N) is 2. The third kappa shape index (κ3) is 1.54. The monoisotopic (exact) mass is 146 g/mol. The van der Waals surface area contributed by atoms with E-state index in [-0.39, 0.29) is 12.4 Å². The Hall–Kier alpha value is -0.830. The van der Waals surface area contributed by atoms with Gasteiger partial charge in [-0.2, -0.15) is 5.10 Å². The van der Waals surface area contributed by atoms with E-state index >= 15 is 0 Å². The molecule has 0 aromatic carbocycles. The Morgan fingerprint density at radius 1 is 1.78 bits per heavy atom. The summed E-state index contributed by atoms with van der Waals surface area (Å²) in [6, 6.07) is 1.66. The minimum Gasteiger partial charge on any atom is -0.296 e. The lowest BCUT2D eigenvalue weighted by atomic mass is 10.5. The van der Waals surface area contributed by atoms with Crippen molar-refractivity contribution in [3.05, 3.63) is 18.0 Å². The molecular formula is C5H7ClN2O. The first-order valence-electron chi connectivity index (χ1n) is 2.28. The van der Waals surface area contributed by atoms with E-state index in [0.29, 0.717) is 5.69 Å². The molecule has 0 atom stereocenters. The van der Waals surface area contributed by atoms with Crippen LogP contribution in [-0.4, -0.2) is 16.1 Å². The van der Waals surface area contributed by atoms with Crippen LogP contribution in [0, 0.1) is 0 Å². The highest BCUT2D eigenvalue weighted by Crippen LogP contribution is 1.88. The van der Waals surface area contributed by atoms with Gasteiger partial charge >= 0.3 is 0 Å². The van der Waals surface area contributed by atoms with Crippen molar-refractivity contribution in [1.29, 1.82) is 0 Å². The first kappa shape index (κ1) is 8.17. The molecule has 4 heteroatoms. The highest BCUT2D eigenvalue weighted by molar-refractivity contribution is 5.85. The molecule has 1 aromatic rings. The lowest BCUT2D eigenvalue weighted by Gasteiger charge is -1.86. The zero-order chi connectivity index (χ0) is 5.98. The highest BCUT2D eigenvalue weighted by Gasteiger charge is 1.90. The first-order valence-corrected chi connectivity index (χ1v) is 2.28. The Bertz CT molecular complexity index is 197. The number of aryl methyl sites for hydroxylation is 1. The van der Waals surface area contributed by atoms with E-state index in [4.69, 9.17) is 0 Å². The summed E-state index contributed by atoms with van der Waals surface area (Å²) in [5.41, 5.74) is 0.602. The van der Waals surface area contributed by atoms with Gasteiger partial charge in [0, 0.05) is 13.2 Å². The molecule has 0 radical (unpaired) electrons. The fourth-order valence-corrected chi connectivity index (χ4v) is 0.500. The molecule has 0 aliphatic heterocycles. The number of hydrogen-bond acceptors (Lipinski definition) is 2. The van der Waals surface area contributed by atoms with Crippen molar-refractivity contribution in [2.45, 2.75) is 0 Å². The van der Waals surface area contributed by atoms with E-state index in [1.165, 1.54) is 4.68 Å². The third-order valence-electron chi connectivity index (χ3n) is 0.980. The second-order valence-corrected chi connectivity index (χ2v) is 1.50. The standard InChI is InChI=1S/C5H6N2O.ClH/c1-7-5(4-8)2-3-6-7;/h2-4H,1H3;1H. The van der Waals surface area contributed by atoms with Gasteiger partial charge in [-0.05, 0) is 6.07 Å². The second kappa shape index (κ2) is 3.25. The molecule has 0 saturated heterocycles. The van der Waals surface area contributed by atoms with Crippen LogP contribution in [0.2, 0.25) is 0 Å². The topological polar surface area (TPSA) is 34.9 Å². The van der Waals surface area contributed by atoms with Crippen LogP contribution in [0.3, 0.4) is 0 Å². The van der Waals surface area contributed by atoms with Gasteiger partial charge in [0.2, 0.25) is 0 Å². The van der Waals surface area contributed by atoms with Crippen LogP contribution in [0.25, 0.3) is 0 Å². The lowest BCUT2D eigenvalue weighted by Crippen LogP contribution is -1.94. The number of carbonyl (C=O) groups is 1. The number of aromatic nitrogens is 2. The van der Waals surface area contributed by atoms with E-state index < -0.39 is 0 Å². The summed E-state index contributed by atoms with van der Waals surface area (Å²) in [7, 11) is 1.73. The lowest BCUT2D eigenvalue weighted by molar-refractivity contribution is 0.111. The molecule has 1 aromatic heterocycles. The van der Waals surface area contributed by atoms with Crippen LogP contribution in [0.15, 0.2) is 12.3 Å². The SMILES string of the molecule is Cl.Cn1nccc1C=O. The van der Waals surface area contributed by atoms with E-state index in [9.17, 15) is 4.79 Å². The van der Waals surface area contributed by atoms with Crippen molar-refractivity contribution in [3.8, 4) is 0 Å². The Labute approximate surface area is 59.1 Å². The predicted octanol–water partition coefficient (Wildman–Crippen LogP) is 0.654. The Morgan fingerprint density at radius 2 is 2.44 bits per heavy atom. The molecule has 0 spiro atoms. The second-order valence-electron chi connectivity index (χ2n) is 1.50. The number of carbonyl (C=O) groups excluding carboxylic acids is 1. The highest BCUT2D eigenvalue weighted by atomic mass is 35.5. The summed E-state index contributed by atoms with van der Waals surface area (Å²) in [6.07, 6.45) is 2.36. The Balaban J connectivity index is 0.000000640. The van der Waals surface area contributed by atoms with E-state index in [2.05, 4.69) is 5.10 Å². The van der Waals surface area contributed by atoms with Crippen LogP contribution in [0.5, 0.6) is 0 Å². The zero-order valence-corrected chi connectivity index (χ0v) is 5.76. The molecule has 0 fully saturated rings. The summed E-state index contributed by atoms with van der Waals surface area (Å²) < 4.78 is 1.52. The van der Waals surface area contributed by atoms with E-state index in [0.717, 1.165) is 6.29 Å². The molecule has 9 heavy (non-hydrogen) atoms. The van der Waals surface area contributed by atoms with Gasteiger partial charge in [0.05, 0.1) is 0 Å². The largest absolute Gasteiger partial charge is 0.296 e. The summed E-state index contributed by atoms with van der Waals surface area (Å²) in [6.45, 7) is 0. The maximum atomic E-state index is 10.0. The third-order valence-corrected chi connectivity index (χ3v) is 0.980. The van der Waals surface area contributed by atoms with E-state index in [1.54, 1.807) is 19.3 Å². The molecule has 0 N–H and O–H groups in total. The summed E-state index contributed by atoms with van der Waals surface area (Å²) in [5, 5.41) is 3.77. The molecule has 0 unspecified atom stereocenters. The molecule has 1 heterocycles. The Kier molecular flexibility index (Phi) is 2.95. The van der Waals surface area contributed by atoms with Crippen LogP contribution in [0.4, 0.5) is 0 Å². The van der Waals surface area contributed by atoms with Gasteiger partial charge in [-0.3, -0.25) is 9.48 Å². The van der Waals surface area contributed by atoms with Gasteiger partial charge in [-0.1, -0.05) is 0 Å². The van der Waals surface area contributed by atoms with Crippen LogP contribution in [-0.2, 0) is 7.05 Å². The fourth-order valence-electron chi connectivity index (χ4n) is 0.500. The Morgan fingerprint density at radius 3 is 2.67 bits per heavy atom. The molecule has 0 bridgehead atoms. The molecule has 0 saturated carbocycles. The fraction of sp³-hybridized carbons (Fsp3) is 0.200. The minimum atomic E-state index is 0. The molecular weight excluding hydrogens is 140 g/mol. The summed E-state index contributed by atoms with van der Waals surface area (Å²) in [4.78, 5) is 10.0. The van der Waals surface area contributed by atoms with Gasteiger partial charge in [0.15, 0.2) is 6.29 Å².